The largest absolute Gasteiger partial charge is 0.336 e. The topological polar surface area (TPSA) is 75.1 Å². The van der Waals surface area contributed by atoms with Crippen LogP contribution in [0, 0.1) is 0 Å². The SMILES string of the molecule is CCN(CC)[C@H](CNC(=O)N[C@H](C)c1nncn1C)c1ccccc1. The molecule has 0 spiro atoms. The first kappa shape index (κ1) is 18.9. The molecule has 136 valence electrons. The van der Waals surface area contributed by atoms with Crippen LogP contribution in [0.15, 0.2) is 36.7 Å². The van der Waals surface area contributed by atoms with Gasteiger partial charge in [0, 0.05) is 13.6 Å². The molecule has 0 aliphatic rings. The summed E-state index contributed by atoms with van der Waals surface area (Å²) in [7, 11) is 1.86. The van der Waals surface area contributed by atoms with Crippen molar-refractivity contribution in [3.63, 3.8) is 0 Å². The number of carbonyl (C=O) groups is 1. The Morgan fingerprint density at radius 2 is 1.92 bits per heavy atom. The molecule has 2 aromatic rings. The quantitative estimate of drug-likeness (QED) is 0.770. The Kier molecular flexibility index (Phi) is 6.94. The van der Waals surface area contributed by atoms with E-state index in [0.717, 1.165) is 18.9 Å². The van der Waals surface area contributed by atoms with E-state index >= 15 is 0 Å². The van der Waals surface area contributed by atoms with Crippen LogP contribution in [0.3, 0.4) is 0 Å². The normalized spacial score (nSPS) is 13.5. The number of likely N-dealkylation sites (N-methyl/N-ethyl adjacent to an activating group) is 1. The maximum absolute atomic E-state index is 12.3. The van der Waals surface area contributed by atoms with E-state index in [4.69, 9.17) is 0 Å². The Bertz CT molecular complexity index is 653. The zero-order valence-electron chi connectivity index (χ0n) is 15.4. The molecule has 1 aromatic carbocycles. The van der Waals surface area contributed by atoms with Crippen molar-refractivity contribution >= 4 is 6.03 Å². The van der Waals surface area contributed by atoms with E-state index < -0.39 is 0 Å². The Hall–Kier alpha value is -2.41. The zero-order valence-corrected chi connectivity index (χ0v) is 15.4. The lowest BCUT2D eigenvalue weighted by molar-refractivity contribution is 0.205. The molecule has 0 unspecified atom stereocenters. The highest BCUT2D eigenvalue weighted by molar-refractivity contribution is 5.74. The van der Waals surface area contributed by atoms with Crippen LogP contribution < -0.4 is 10.6 Å². The number of carbonyl (C=O) groups excluding carboxylic acids is 1. The summed E-state index contributed by atoms with van der Waals surface area (Å²) in [6.07, 6.45) is 1.62. The molecule has 2 amide bonds. The fourth-order valence-corrected chi connectivity index (χ4v) is 2.98. The molecule has 0 bridgehead atoms. The lowest BCUT2D eigenvalue weighted by atomic mass is 10.1. The van der Waals surface area contributed by atoms with Crippen molar-refractivity contribution in [3.8, 4) is 0 Å². The minimum absolute atomic E-state index is 0.145. The Labute approximate surface area is 149 Å². The van der Waals surface area contributed by atoms with Gasteiger partial charge >= 0.3 is 6.03 Å². The maximum atomic E-state index is 12.3. The first-order chi connectivity index (χ1) is 12.1. The second-order valence-electron chi connectivity index (χ2n) is 6.02. The van der Waals surface area contributed by atoms with Gasteiger partial charge in [-0.3, -0.25) is 4.90 Å². The zero-order chi connectivity index (χ0) is 18.2. The Morgan fingerprint density at radius 3 is 2.48 bits per heavy atom. The van der Waals surface area contributed by atoms with Crippen LogP contribution >= 0.6 is 0 Å². The molecule has 7 heteroatoms. The number of aryl methyl sites for hydroxylation is 1. The number of hydrogen-bond acceptors (Lipinski definition) is 4. The van der Waals surface area contributed by atoms with Crippen LogP contribution in [-0.4, -0.2) is 45.3 Å². The summed E-state index contributed by atoms with van der Waals surface area (Å²) >= 11 is 0. The highest BCUT2D eigenvalue weighted by Gasteiger charge is 2.20. The number of amides is 2. The molecule has 2 atom stereocenters. The minimum atomic E-state index is -0.212. The van der Waals surface area contributed by atoms with Crippen molar-refractivity contribution in [1.82, 2.24) is 30.3 Å². The van der Waals surface area contributed by atoms with E-state index in [2.05, 4.69) is 51.7 Å². The van der Waals surface area contributed by atoms with Gasteiger partial charge in [0.2, 0.25) is 0 Å². The van der Waals surface area contributed by atoms with Gasteiger partial charge in [-0.2, -0.15) is 0 Å². The molecule has 25 heavy (non-hydrogen) atoms. The highest BCUT2D eigenvalue weighted by Crippen LogP contribution is 2.19. The third-order valence-corrected chi connectivity index (χ3v) is 4.37. The van der Waals surface area contributed by atoms with Gasteiger partial charge in [-0.25, -0.2) is 4.79 Å². The van der Waals surface area contributed by atoms with Gasteiger partial charge in [-0.15, -0.1) is 10.2 Å². The van der Waals surface area contributed by atoms with Gasteiger partial charge in [-0.05, 0) is 25.6 Å². The summed E-state index contributed by atoms with van der Waals surface area (Å²) < 4.78 is 1.80. The fraction of sp³-hybridized carbons (Fsp3) is 0.500. The molecular weight excluding hydrogens is 316 g/mol. The van der Waals surface area contributed by atoms with Gasteiger partial charge in [0.15, 0.2) is 5.82 Å². The highest BCUT2D eigenvalue weighted by atomic mass is 16.2. The van der Waals surface area contributed by atoms with Crippen LogP contribution in [0.25, 0.3) is 0 Å². The molecule has 0 aliphatic heterocycles. The van der Waals surface area contributed by atoms with Crippen LogP contribution in [-0.2, 0) is 7.05 Å². The van der Waals surface area contributed by atoms with Crippen LogP contribution in [0.1, 0.15) is 44.2 Å². The van der Waals surface area contributed by atoms with E-state index in [-0.39, 0.29) is 18.1 Å². The molecule has 2 rings (SSSR count). The van der Waals surface area contributed by atoms with E-state index in [1.807, 2.05) is 32.2 Å². The molecular formula is C18H28N6O. The number of nitrogens with one attached hydrogen (secondary N) is 2. The predicted octanol–water partition coefficient (Wildman–Crippen LogP) is 2.26. The lowest BCUT2D eigenvalue weighted by Crippen LogP contribution is -2.43. The smallest absolute Gasteiger partial charge is 0.315 e. The van der Waals surface area contributed by atoms with E-state index in [0.29, 0.717) is 6.54 Å². The molecule has 0 saturated carbocycles. The van der Waals surface area contributed by atoms with E-state index in [9.17, 15) is 4.79 Å². The summed E-state index contributed by atoms with van der Waals surface area (Å²) in [6, 6.07) is 10.00. The predicted molar refractivity (Wildman–Crippen MR) is 98.1 cm³/mol. The van der Waals surface area contributed by atoms with Crippen molar-refractivity contribution in [2.75, 3.05) is 19.6 Å². The molecule has 0 radical (unpaired) electrons. The van der Waals surface area contributed by atoms with Crippen molar-refractivity contribution in [3.05, 3.63) is 48.0 Å². The third-order valence-electron chi connectivity index (χ3n) is 4.37. The van der Waals surface area contributed by atoms with Crippen molar-refractivity contribution in [1.29, 1.82) is 0 Å². The van der Waals surface area contributed by atoms with Crippen LogP contribution in [0.2, 0.25) is 0 Å². The molecule has 0 saturated heterocycles. The Morgan fingerprint density at radius 1 is 1.24 bits per heavy atom. The summed E-state index contributed by atoms with van der Waals surface area (Å²) in [5.41, 5.74) is 1.20. The van der Waals surface area contributed by atoms with Crippen LogP contribution in [0.4, 0.5) is 4.79 Å². The molecule has 0 fully saturated rings. The fourth-order valence-electron chi connectivity index (χ4n) is 2.98. The summed E-state index contributed by atoms with van der Waals surface area (Å²) in [5.74, 6) is 0.721. The summed E-state index contributed by atoms with van der Waals surface area (Å²) in [5, 5.41) is 13.8. The second-order valence-corrected chi connectivity index (χ2v) is 6.02. The van der Waals surface area contributed by atoms with Crippen LogP contribution in [0.5, 0.6) is 0 Å². The number of benzene rings is 1. The first-order valence-corrected chi connectivity index (χ1v) is 8.74. The van der Waals surface area contributed by atoms with Crippen molar-refractivity contribution in [2.45, 2.75) is 32.9 Å². The third kappa shape index (κ3) is 5.03. The average Bonchev–Trinajstić information content (AvgIpc) is 3.05. The monoisotopic (exact) mass is 344 g/mol. The second kappa shape index (κ2) is 9.17. The van der Waals surface area contributed by atoms with Gasteiger partial charge in [0.05, 0.1) is 12.1 Å². The number of rotatable bonds is 8. The number of urea groups is 1. The number of aromatic nitrogens is 3. The number of nitrogens with zero attached hydrogens (tertiary/aromatic N) is 4. The minimum Gasteiger partial charge on any atom is -0.336 e. The van der Waals surface area contributed by atoms with Gasteiger partial charge < -0.3 is 15.2 Å². The van der Waals surface area contributed by atoms with Crippen molar-refractivity contribution in [2.24, 2.45) is 7.05 Å². The van der Waals surface area contributed by atoms with Gasteiger partial charge in [-0.1, -0.05) is 44.2 Å². The molecule has 7 nitrogen and oxygen atoms in total. The van der Waals surface area contributed by atoms with E-state index in [1.54, 1.807) is 10.9 Å². The lowest BCUT2D eigenvalue weighted by Gasteiger charge is -2.30. The maximum Gasteiger partial charge on any atom is 0.315 e. The van der Waals surface area contributed by atoms with Crippen molar-refractivity contribution < 1.29 is 4.79 Å². The molecule has 2 N–H and O–H groups in total. The first-order valence-electron chi connectivity index (χ1n) is 8.74. The molecule has 1 aromatic heterocycles. The standard InChI is InChI=1S/C18H28N6O/c1-5-24(6-2)16(15-10-8-7-9-11-15)12-19-18(25)21-14(3)17-22-20-13-23(17)4/h7-11,13-14,16H,5-6,12H2,1-4H3,(H2,19,21,25)/t14-,16-/m1/s1. The van der Waals surface area contributed by atoms with Gasteiger partial charge in [0.25, 0.3) is 0 Å². The number of hydrogen-bond donors (Lipinski definition) is 2. The summed E-state index contributed by atoms with van der Waals surface area (Å²) in [4.78, 5) is 14.6. The molecule has 0 aliphatic carbocycles. The van der Waals surface area contributed by atoms with Gasteiger partial charge in [0.1, 0.15) is 6.33 Å². The molecule has 1 heterocycles. The average molecular weight is 344 g/mol. The Balaban J connectivity index is 1.97. The summed E-state index contributed by atoms with van der Waals surface area (Å²) in [6.45, 7) is 8.56. The van der Waals surface area contributed by atoms with E-state index in [1.165, 1.54) is 5.56 Å².